The van der Waals surface area contributed by atoms with E-state index in [-0.39, 0.29) is 17.0 Å². The van der Waals surface area contributed by atoms with Crippen molar-refractivity contribution in [2.24, 2.45) is 7.05 Å². The SMILES string of the molecule is Cn1cccc(C(=O)N2Cc3cccnc3C2)c1=O. The van der Waals surface area contributed by atoms with E-state index >= 15 is 0 Å². The van der Waals surface area contributed by atoms with Gasteiger partial charge in [-0.05, 0) is 23.8 Å². The van der Waals surface area contributed by atoms with Crippen LogP contribution in [0.3, 0.4) is 0 Å². The zero-order valence-corrected chi connectivity index (χ0v) is 10.5. The third-order valence-electron chi connectivity index (χ3n) is 3.33. The number of rotatable bonds is 1. The number of aryl methyl sites for hydroxylation is 1. The Balaban J connectivity index is 1.92. The van der Waals surface area contributed by atoms with E-state index in [1.165, 1.54) is 4.57 Å². The van der Waals surface area contributed by atoms with E-state index in [4.69, 9.17) is 0 Å². The van der Waals surface area contributed by atoms with E-state index in [0.29, 0.717) is 13.1 Å². The van der Waals surface area contributed by atoms with Crippen molar-refractivity contribution in [2.75, 3.05) is 0 Å². The van der Waals surface area contributed by atoms with Gasteiger partial charge in [-0.2, -0.15) is 0 Å². The van der Waals surface area contributed by atoms with Crippen LogP contribution in [0, 0.1) is 0 Å². The maximum absolute atomic E-state index is 12.4. The Morgan fingerprint density at radius 2 is 2.11 bits per heavy atom. The summed E-state index contributed by atoms with van der Waals surface area (Å²) in [5.74, 6) is -0.237. The van der Waals surface area contributed by atoms with Crippen molar-refractivity contribution in [3.05, 3.63) is 63.8 Å². The molecule has 3 heterocycles. The van der Waals surface area contributed by atoms with Crippen LogP contribution in [0.15, 0.2) is 41.5 Å². The average molecular weight is 255 g/mol. The summed E-state index contributed by atoms with van der Waals surface area (Å²) in [4.78, 5) is 30.2. The van der Waals surface area contributed by atoms with E-state index in [1.807, 2.05) is 12.1 Å². The number of pyridine rings is 2. The number of aromatic nitrogens is 2. The monoisotopic (exact) mass is 255 g/mol. The van der Waals surface area contributed by atoms with Gasteiger partial charge in [0.1, 0.15) is 5.56 Å². The van der Waals surface area contributed by atoms with Crippen molar-refractivity contribution in [3.63, 3.8) is 0 Å². The summed E-state index contributed by atoms with van der Waals surface area (Å²) >= 11 is 0. The summed E-state index contributed by atoms with van der Waals surface area (Å²) < 4.78 is 1.41. The Morgan fingerprint density at radius 1 is 1.26 bits per heavy atom. The van der Waals surface area contributed by atoms with E-state index in [2.05, 4.69) is 4.98 Å². The molecule has 0 aliphatic carbocycles. The molecule has 0 spiro atoms. The van der Waals surface area contributed by atoms with Crippen LogP contribution in [-0.2, 0) is 20.1 Å². The maximum Gasteiger partial charge on any atom is 0.263 e. The zero-order valence-electron chi connectivity index (χ0n) is 10.5. The molecule has 0 saturated carbocycles. The summed E-state index contributed by atoms with van der Waals surface area (Å²) in [5.41, 5.74) is 1.89. The standard InChI is InChI=1S/C14H13N3O2/c1-16-7-3-5-11(13(16)18)14(19)17-8-10-4-2-6-15-12(10)9-17/h2-7H,8-9H2,1H3. The van der Waals surface area contributed by atoms with Crippen molar-refractivity contribution in [1.82, 2.24) is 14.5 Å². The van der Waals surface area contributed by atoms with Crippen LogP contribution in [-0.4, -0.2) is 20.4 Å². The van der Waals surface area contributed by atoms with Gasteiger partial charge in [0.2, 0.25) is 0 Å². The second kappa shape index (κ2) is 4.35. The predicted molar refractivity (Wildman–Crippen MR) is 69.5 cm³/mol. The molecular formula is C14H13N3O2. The number of fused-ring (bicyclic) bond motifs is 1. The molecule has 0 unspecified atom stereocenters. The lowest BCUT2D eigenvalue weighted by Crippen LogP contribution is -2.32. The lowest BCUT2D eigenvalue weighted by Gasteiger charge is -2.14. The minimum Gasteiger partial charge on any atom is -0.328 e. The van der Waals surface area contributed by atoms with Gasteiger partial charge in [0.15, 0.2) is 0 Å². The highest BCUT2D eigenvalue weighted by Gasteiger charge is 2.26. The van der Waals surface area contributed by atoms with Crippen LogP contribution in [0.1, 0.15) is 21.6 Å². The van der Waals surface area contributed by atoms with Crippen LogP contribution in [0.2, 0.25) is 0 Å². The van der Waals surface area contributed by atoms with Crippen LogP contribution < -0.4 is 5.56 Å². The predicted octanol–water partition coefficient (Wildman–Crippen LogP) is 0.936. The molecule has 19 heavy (non-hydrogen) atoms. The van der Waals surface area contributed by atoms with E-state index in [1.54, 1.807) is 36.5 Å². The molecule has 0 atom stereocenters. The Hall–Kier alpha value is -2.43. The van der Waals surface area contributed by atoms with Gasteiger partial charge in [-0.25, -0.2) is 0 Å². The molecule has 5 heteroatoms. The highest BCUT2D eigenvalue weighted by Crippen LogP contribution is 2.21. The van der Waals surface area contributed by atoms with Gasteiger partial charge >= 0.3 is 0 Å². The fraction of sp³-hybridized carbons (Fsp3) is 0.214. The Morgan fingerprint density at radius 3 is 2.89 bits per heavy atom. The molecule has 3 rings (SSSR count). The van der Waals surface area contributed by atoms with Crippen molar-refractivity contribution in [1.29, 1.82) is 0 Å². The molecule has 0 radical (unpaired) electrons. The molecule has 0 aromatic carbocycles. The maximum atomic E-state index is 12.4. The Kier molecular flexibility index (Phi) is 2.67. The summed E-state index contributed by atoms with van der Waals surface area (Å²) in [6, 6.07) is 7.09. The molecule has 96 valence electrons. The zero-order chi connectivity index (χ0) is 13.4. The number of carbonyl (C=O) groups excluding carboxylic acids is 1. The number of amides is 1. The van der Waals surface area contributed by atoms with Crippen molar-refractivity contribution in [2.45, 2.75) is 13.1 Å². The van der Waals surface area contributed by atoms with Crippen molar-refractivity contribution < 1.29 is 4.79 Å². The molecule has 1 amide bonds. The quantitative estimate of drug-likeness (QED) is 0.762. The number of nitrogens with zero attached hydrogens (tertiary/aromatic N) is 3. The topological polar surface area (TPSA) is 55.2 Å². The minimum atomic E-state index is -0.267. The van der Waals surface area contributed by atoms with Gasteiger partial charge in [-0.15, -0.1) is 0 Å². The molecule has 0 N–H and O–H groups in total. The summed E-state index contributed by atoms with van der Waals surface area (Å²) in [7, 11) is 1.64. The lowest BCUT2D eigenvalue weighted by molar-refractivity contribution is 0.0748. The van der Waals surface area contributed by atoms with Crippen molar-refractivity contribution in [3.8, 4) is 0 Å². The largest absolute Gasteiger partial charge is 0.328 e. The molecule has 0 fully saturated rings. The molecule has 2 aromatic rings. The average Bonchev–Trinajstić information content (AvgIpc) is 2.85. The van der Waals surface area contributed by atoms with Gasteiger partial charge < -0.3 is 9.47 Å². The fourth-order valence-electron chi connectivity index (χ4n) is 2.27. The first-order valence-corrected chi connectivity index (χ1v) is 6.04. The normalized spacial score (nSPS) is 13.4. The van der Waals surface area contributed by atoms with E-state index in [9.17, 15) is 9.59 Å². The first kappa shape index (κ1) is 11.6. The molecule has 1 aliphatic heterocycles. The number of hydrogen-bond donors (Lipinski definition) is 0. The smallest absolute Gasteiger partial charge is 0.263 e. The second-order valence-electron chi connectivity index (χ2n) is 4.61. The molecule has 0 saturated heterocycles. The summed E-state index contributed by atoms with van der Waals surface area (Å²) in [6.07, 6.45) is 3.35. The highest BCUT2D eigenvalue weighted by molar-refractivity contribution is 5.94. The van der Waals surface area contributed by atoms with Gasteiger partial charge in [0.05, 0.1) is 12.2 Å². The lowest BCUT2D eigenvalue weighted by atomic mass is 10.2. The minimum absolute atomic E-state index is 0.206. The Labute approximate surface area is 110 Å². The second-order valence-corrected chi connectivity index (χ2v) is 4.61. The van der Waals surface area contributed by atoms with Gasteiger partial charge in [-0.1, -0.05) is 6.07 Å². The van der Waals surface area contributed by atoms with Crippen LogP contribution in [0.25, 0.3) is 0 Å². The molecule has 1 aliphatic rings. The first-order chi connectivity index (χ1) is 9.16. The van der Waals surface area contributed by atoms with Crippen LogP contribution in [0.4, 0.5) is 0 Å². The highest BCUT2D eigenvalue weighted by atomic mass is 16.2. The van der Waals surface area contributed by atoms with Gasteiger partial charge in [-0.3, -0.25) is 14.6 Å². The van der Waals surface area contributed by atoms with Crippen LogP contribution >= 0.6 is 0 Å². The third-order valence-corrected chi connectivity index (χ3v) is 3.33. The molecule has 0 bridgehead atoms. The van der Waals surface area contributed by atoms with E-state index < -0.39 is 0 Å². The van der Waals surface area contributed by atoms with Crippen LogP contribution in [0.5, 0.6) is 0 Å². The fourth-order valence-corrected chi connectivity index (χ4v) is 2.27. The van der Waals surface area contributed by atoms with Crippen molar-refractivity contribution >= 4 is 5.91 Å². The summed E-state index contributed by atoms with van der Waals surface area (Å²) in [6.45, 7) is 0.979. The molecule has 2 aromatic heterocycles. The van der Waals surface area contributed by atoms with E-state index in [0.717, 1.165) is 11.3 Å². The molecular weight excluding hydrogens is 242 g/mol. The number of carbonyl (C=O) groups is 1. The first-order valence-electron chi connectivity index (χ1n) is 6.04. The molecule has 5 nitrogen and oxygen atoms in total. The van der Waals surface area contributed by atoms with Gasteiger partial charge in [0, 0.05) is 26.0 Å². The summed E-state index contributed by atoms with van der Waals surface area (Å²) in [5, 5.41) is 0. The Bertz CT molecular complexity index is 681. The number of hydrogen-bond acceptors (Lipinski definition) is 3. The van der Waals surface area contributed by atoms with Gasteiger partial charge in [0.25, 0.3) is 11.5 Å². The third kappa shape index (κ3) is 1.93.